The van der Waals surface area contributed by atoms with Crippen molar-refractivity contribution in [3.8, 4) is 11.6 Å². The lowest BCUT2D eigenvalue weighted by molar-refractivity contribution is -0.145. The van der Waals surface area contributed by atoms with Gasteiger partial charge in [-0.3, -0.25) is 0 Å². The largest absolute Gasteiger partial charge is 0.451 e. The second-order valence-electron chi connectivity index (χ2n) is 3.86. The first kappa shape index (κ1) is 14.9. The molecule has 0 amide bonds. The Morgan fingerprint density at radius 3 is 2.45 bits per heavy atom. The number of benzene rings is 1. The van der Waals surface area contributed by atoms with Gasteiger partial charge >= 0.3 is 6.18 Å². The van der Waals surface area contributed by atoms with Crippen LogP contribution in [0.4, 0.5) is 13.2 Å². The molecule has 1 aromatic heterocycles. The maximum atomic E-state index is 12.6. The summed E-state index contributed by atoms with van der Waals surface area (Å²) in [5.74, 6) is -1.37. The van der Waals surface area contributed by atoms with Crippen LogP contribution >= 0.6 is 23.2 Å². The van der Waals surface area contributed by atoms with E-state index in [0.717, 1.165) is 6.07 Å². The highest BCUT2D eigenvalue weighted by molar-refractivity contribution is 6.30. The van der Waals surface area contributed by atoms with Gasteiger partial charge in [-0.2, -0.15) is 18.2 Å². The van der Waals surface area contributed by atoms with E-state index in [0.29, 0.717) is 16.3 Å². The fraction of sp³-hybridized carbons (Fsp3) is 0.167. The van der Waals surface area contributed by atoms with Crippen LogP contribution in [-0.2, 0) is 6.18 Å². The lowest BCUT2D eigenvalue weighted by Crippen LogP contribution is -2.11. The maximum Gasteiger partial charge on any atom is 0.451 e. The van der Waals surface area contributed by atoms with Crippen molar-refractivity contribution >= 4 is 23.2 Å². The molecule has 1 heterocycles. The molecule has 0 radical (unpaired) electrons. The molecule has 0 saturated heterocycles. The number of ether oxygens (including phenoxy) is 1. The molecular formula is C12H7Cl2F3N2O. The van der Waals surface area contributed by atoms with Crippen molar-refractivity contribution in [1.29, 1.82) is 0 Å². The number of rotatable bonds is 2. The number of nitrogens with zero attached hydrogens (tertiary/aromatic N) is 2. The second-order valence-corrected chi connectivity index (χ2v) is 4.69. The Balaban J connectivity index is 2.39. The SMILES string of the molecule is Cc1ccc(Cl)cc1Oc1cc(Cl)nc(C(F)(F)F)n1. The lowest BCUT2D eigenvalue weighted by Gasteiger charge is -2.10. The fourth-order valence-electron chi connectivity index (χ4n) is 1.37. The van der Waals surface area contributed by atoms with Crippen LogP contribution in [0.3, 0.4) is 0 Å². The molecule has 8 heteroatoms. The van der Waals surface area contributed by atoms with Crippen molar-refractivity contribution in [2.24, 2.45) is 0 Å². The van der Waals surface area contributed by atoms with Gasteiger partial charge < -0.3 is 4.74 Å². The molecule has 0 aliphatic rings. The van der Waals surface area contributed by atoms with Gasteiger partial charge in [-0.15, -0.1) is 0 Å². The van der Waals surface area contributed by atoms with Gasteiger partial charge in [0.15, 0.2) is 0 Å². The molecule has 0 saturated carbocycles. The minimum Gasteiger partial charge on any atom is -0.439 e. The zero-order valence-corrected chi connectivity index (χ0v) is 11.5. The monoisotopic (exact) mass is 322 g/mol. The Kier molecular flexibility index (Phi) is 4.06. The van der Waals surface area contributed by atoms with Gasteiger partial charge in [0.25, 0.3) is 0 Å². The molecule has 0 aliphatic heterocycles. The van der Waals surface area contributed by atoms with Gasteiger partial charge in [0.1, 0.15) is 10.9 Å². The van der Waals surface area contributed by atoms with Crippen LogP contribution in [0.15, 0.2) is 24.3 Å². The quantitative estimate of drug-likeness (QED) is 0.737. The molecule has 0 unspecified atom stereocenters. The molecule has 0 spiro atoms. The van der Waals surface area contributed by atoms with Crippen LogP contribution in [0, 0.1) is 6.92 Å². The third-order valence-corrected chi connectivity index (χ3v) is 2.72. The Labute approximate surface area is 122 Å². The van der Waals surface area contributed by atoms with E-state index >= 15 is 0 Å². The summed E-state index contributed by atoms with van der Waals surface area (Å²) in [5, 5.41) is 0.0313. The first-order valence-corrected chi connectivity index (χ1v) is 6.07. The van der Waals surface area contributed by atoms with Gasteiger partial charge in [0.05, 0.1) is 0 Å². The molecule has 2 aromatic rings. The van der Waals surface area contributed by atoms with Crippen molar-refractivity contribution in [2.45, 2.75) is 13.1 Å². The Morgan fingerprint density at radius 2 is 1.80 bits per heavy atom. The average molecular weight is 323 g/mol. The predicted octanol–water partition coefficient (Wildman–Crippen LogP) is 4.90. The normalized spacial score (nSPS) is 11.5. The first-order chi connectivity index (χ1) is 9.25. The molecule has 106 valence electrons. The Bertz CT molecular complexity index is 647. The highest BCUT2D eigenvalue weighted by Gasteiger charge is 2.35. The standard InChI is InChI=1S/C12H7Cl2F3N2O/c1-6-2-3-7(13)4-8(6)20-10-5-9(14)18-11(19-10)12(15,16)17/h2-5H,1H3. The average Bonchev–Trinajstić information content (AvgIpc) is 2.32. The molecule has 20 heavy (non-hydrogen) atoms. The van der Waals surface area contributed by atoms with E-state index in [1.165, 1.54) is 6.07 Å². The van der Waals surface area contributed by atoms with E-state index < -0.39 is 12.0 Å². The van der Waals surface area contributed by atoms with Gasteiger partial charge in [0.2, 0.25) is 11.7 Å². The number of alkyl halides is 3. The predicted molar refractivity (Wildman–Crippen MR) is 68.3 cm³/mol. The van der Waals surface area contributed by atoms with Crippen LogP contribution in [0.25, 0.3) is 0 Å². The highest BCUT2D eigenvalue weighted by atomic mass is 35.5. The summed E-state index contributed by atoms with van der Waals surface area (Å²) >= 11 is 11.3. The smallest absolute Gasteiger partial charge is 0.439 e. The van der Waals surface area contributed by atoms with Crippen LogP contribution in [0.5, 0.6) is 11.6 Å². The zero-order chi connectivity index (χ0) is 14.9. The lowest BCUT2D eigenvalue weighted by atomic mass is 10.2. The van der Waals surface area contributed by atoms with E-state index in [1.807, 2.05) is 0 Å². The van der Waals surface area contributed by atoms with Gasteiger partial charge in [-0.25, -0.2) is 4.98 Å². The maximum absolute atomic E-state index is 12.6. The summed E-state index contributed by atoms with van der Waals surface area (Å²) in [6.07, 6.45) is -4.70. The van der Waals surface area contributed by atoms with Crippen LogP contribution < -0.4 is 4.74 Å². The number of hydrogen-bond donors (Lipinski definition) is 0. The molecule has 3 nitrogen and oxygen atoms in total. The van der Waals surface area contributed by atoms with E-state index in [4.69, 9.17) is 27.9 Å². The zero-order valence-electron chi connectivity index (χ0n) is 10.0. The minimum atomic E-state index is -4.70. The summed E-state index contributed by atoms with van der Waals surface area (Å²) in [4.78, 5) is 6.40. The van der Waals surface area contributed by atoms with Crippen molar-refractivity contribution in [3.63, 3.8) is 0 Å². The molecule has 0 atom stereocenters. The van der Waals surface area contributed by atoms with Crippen LogP contribution in [0.2, 0.25) is 10.2 Å². The molecule has 0 N–H and O–H groups in total. The van der Waals surface area contributed by atoms with Crippen LogP contribution in [-0.4, -0.2) is 9.97 Å². The third-order valence-electron chi connectivity index (χ3n) is 2.29. The summed E-state index contributed by atoms with van der Waals surface area (Å²) in [6, 6.07) is 5.88. The fourth-order valence-corrected chi connectivity index (χ4v) is 1.71. The van der Waals surface area contributed by atoms with Crippen LogP contribution in [0.1, 0.15) is 11.4 Å². The van der Waals surface area contributed by atoms with E-state index in [9.17, 15) is 13.2 Å². The number of hydrogen-bond acceptors (Lipinski definition) is 3. The molecule has 0 fully saturated rings. The third kappa shape index (κ3) is 3.52. The molecular weight excluding hydrogens is 316 g/mol. The summed E-state index contributed by atoms with van der Waals surface area (Å²) < 4.78 is 43.0. The number of halogens is 5. The molecule has 0 bridgehead atoms. The second kappa shape index (κ2) is 5.46. The summed E-state index contributed by atoms with van der Waals surface area (Å²) in [7, 11) is 0. The van der Waals surface area contributed by atoms with Gasteiger partial charge in [-0.1, -0.05) is 29.3 Å². The molecule has 2 rings (SSSR count). The van der Waals surface area contributed by atoms with Gasteiger partial charge in [0, 0.05) is 11.1 Å². The summed E-state index contributed by atoms with van der Waals surface area (Å²) in [6.45, 7) is 1.72. The number of aryl methyl sites for hydroxylation is 1. The first-order valence-electron chi connectivity index (χ1n) is 5.31. The minimum absolute atomic E-state index is 0.292. The summed E-state index contributed by atoms with van der Waals surface area (Å²) in [5.41, 5.74) is 0.692. The van der Waals surface area contributed by atoms with Crippen molar-refractivity contribution < 1.29 is 17.9 Å². The van der Waals surface area contributed by atoms with E-state index in [-0.39, 0.29) is 11.0 Å². The van der Waals surface area contributed by atoms with E-state index in [1.54, 1.807) is 19.1 Å². The molecule has 1 aromatic carbocycles. The van der Waals surface area contributed by atoms with Crippen molar-refractivity contribution in [2.75, 3.05) is 0 Å². The van der Waals surface area contributed by atoms with E-state index in [2.05, 4.69) is 9.97 Å². The Morgan fingerprint density at radius 1 is 1.10 bits per heavy atom. The molecule has 0 aliphatic carbocycles. The van der Waals surface area contributed by atoms with Crippen molar-refractivity contribution in [1.82, 2.24) is 9.97 Å². The van der Waals surface area contributed by atoms with Crippen molar-refractivity contribution in [3.05, 3.63) is 45.8 Å². The van der Waals surface area contributed by atoms with Gasteiger partial charge in [-0.05, 0) is 24.6 Å². The topological polar surface area (TPSA) is 35.0 Å². The number of aromatic nitrogens is 2. The Hall–Kier alpha value is -1.53. The highest BCUT2D eigenvalue weighted by Crippen LogP contribution is 2.32.